The first-order chi connectivity index (χ1) is 13.5. The summed E-state index contributed by atoms with van der Waals surface area (Å²) in [5.74, 6) is -2.38. The fourth-order valence-electron chi connectivity index (χ4n) is 4.32. The van der Waals surface area contributed by atoms with Gasteiger partial charge >= 0.3 is 0 Å². The lowest BCUT2D eigenvalue weighted by molar-refractivity contribution is 0.263. The fourth-order valence-corrected chi connectivity index (χ4v) is 4.32. The molecular formula is C25H29F3. The molecule has 3 heteroatoms. The maximum absolute atomic E-state index is 14.9. The fraction of sp³-hybridized carbons (Fsp3) is 0.440. The van der Waals surface area contributed by atoms with Crippen LogP contribution in [0.3, 0.4) is 0 Å². The van der Waals surface area contributed by atoms with Crippen molar-refractivity contribution < 1.29 is 13.2 Å². The third kappa shape index (κ3) is 4.51. The van der Waals surface area contributed by atoms with Crippen molar-refractivity contribution in [2.24, 2.45) is 11.8 Å². The monoisotopic (exact) mass is 386 g/mol. The van der Waals surface area contributed by atoms with Gasteiger partial charge in [0.2, 0.25) is 0 Å². The summed E-state index contributed by atoms with van der Waals surface area (Å²) < 4.78 is 44.6. The van der Waals surface area contributed by atoms with Crippen LogP contribution in [0.2, 0.25) is 0 Å². The summed E-state index contributed by atoms with van der Waals surface area (Å²) in [6.45, 7) is 5.82. The van der Waals surface area contributed by atoms with Gasteiger partial charge in [-0.05, 0) is 67.9 Å². The summed E-state index contributed by atoms with van der Waals surface area (Å²) in [7, 11) is 0. The van der Waals surface area contributed by atoms with Gasteiger partial charge in [-0.15, -0.1) is 6.58 Å². The first kappa shape index (κ1) is 20.7. The highest BCUT2D eigenvalue weighted by Gasteiger charge is 2.27. The van der Waals surface area contributed by atoms with Gasteiger partial charge in [0.1, 0.15) is 11.6 Å². The van der Waals surface area contributed by atoms with Gasteiger partial charge in [-0.3, -0.25) is 0 Å². The molecule has 0 aromatic heterocycles. The third-order valence-corrected chi connectivity index (χ3v) is 5.99. The minimum absolute atomic E-state index is 0.262. The standard InChI is InChI=1S/C25H29F3/c1-3-5-7-17-8-11-19(12-9-17)23(26)25(28)22-15-13-20-16-18(6-4-2)10-14-21(20)24(22)27/h3,10,13-17,19H,1,4-9,11-12H2,2H3. The van der Waals surface area contributed by atoms with E-state index in [-0.39, 0.29) is 5.56 Å². The Hall–Kier alpha value is -2.03. The second kappa shape index (κ2) is 9.45. The Balaban J connectivity index is 1.81. The van der Waals surface area contributed by atoms with Crippen LogP contribution in [0.25, 0.3) is 16.6 Å². The average molecular weight is 387 g/mol. The molecule has 0 unspecified atom stereocenters. The Morgan fingerprint density at radius 1 is 1.11 bits per heavy atom. The van der Waals surface area contributed by atoms with Crippen molar-refractivity contribution in [1.29, 1.82) is 0 Å². The van der Waals surface area contributed by atoms with Crippen LogP contribution in [0.15, 0.2) is 48.8 Å². The molecule has 2 aromatic carbocycles. The molecule has 2 aromatic rings. The maximum atomic E-state index is 14.9. The molecule has 3 rings (SSSR count). The van der Waals surface area contributed by atoms with Gasteiger partial charge in [0.15, 0.2) is 5.83 Å². The highest BCUT2D eigenvalue weighted by molar-refractivity contribution is 5.87. The van der Waals surface area contributed by atoms with Crippen molar-refractivity contribution >= 4 is 16.6 Å². The summed E-state index contributed by atoms with van der Waals surface area (Å²) in [5.41, 5.74) is 0.861. The predicted octanol–water partition coefficient (Wildman–Crippen LogP) is 8.31. The molecule has 0 heterocycles. The smallest absolute Gasteiger partial charge is 0.165 e. The molecular weight excluding hydrogens is 357 g/mol. The number of halogens is 3. The zero-order chi connectivity index (χ0) is 20.1. The van der Waals surface area contributed by atoms with Crippen LogP contribution in [0.1, 0.15) is 63.0 Å². The number of aryl methyl sites for hydroxylation is 1. The van der Waals surface area contributed by atoms with E-state index in [1.165, 1.54) is 6.07 Å². The van der Waals surface area contributed by atoms with Crippen molar-refractivity contribution in [3.8, 4) is 0 Å². The van der Waals surface area contributed by atoms with Gasteiger partial charge in [0.25, 0.3) is 0 Å². The summed E-state index contributed by atoms with van der Waals surface area (Å²) >= 11 is 0. The molecule has 150 valence electrons. The van der Waals surface area contributed by atoms with E-state index in [9.17, 15) is 13.2 Å². The van der Waals surface area contributed by atoms with Gasteiger partial charge < -0.3 is 0 Å². The summed E-state index contributed by atoms with van der Waals surface area (Å²) in [6, 6.07) is 8.52. The maximum Gasteiger partial charge on any atom is 0.165 e. The van der Waals surface area contributed by atoms with Crippen molar-refractivity contribution in [2.45, 2.75) is 58.3 Å². The van der Waals surface area contributed by atoms with Crippen LogP contribution in [0.5, 0.6) is 0 Å². The minimum Gasteiger partial charge on any atom is -0.208 e. The zero-order valence-corrected chi connectivity index (χ0v) is 16.6. The molecule has 1 aliphatic carbocycles. The first-order valence-corrected chi connectivity index (χ1v) is 10.4. The first-order valence-electron chi connectivity index (χ1n) is 10.4. The molecule has 0 amide bonds. The molecule has 0 radical (unpaired) electrons. The lowest BCUT2D eigenvalue weighted by Gasteiger charge is -2.27. The van der Waals surface area contributed by atoms with Crippen molar-refractivity contribution in [2.75, 3.05) is 0 Å². The molecule has 0 saturated heterocycles. The van der Waals surface area contributed by atoms with E-state index in [0.717, 1.165) is 49.5 Å². The van der Waals surface area contributed by atoms with Gasteiger partial charge in [-0.1, -0.05) is 43.7 Å². The minimum atomic E-state index is -1.04. The van der Waals surface area contributed by atoms with Crippen molar-refractivity contribution in [1.82, 2.24) is 0 Å². The van der Waals surface area contributed by atoms with Gasteiger partial charge in [0, 0.05) is 16.9 Å². The SMILES string of the molecule is C=CCCC1CCC(C(F)=C(F)c2ccc3cc(CCC)ccc3c2F)CC1. The number of benzene rings is 2. The summed E-state index contributed by atoms with van der Waals surface area (Å²) in [6.07, 6.45) is 8.86. The quantitative estimate of drug-likeness (QED) is 0.420. The Bertz CT molecular complexity index is 857. The number of hydrogen-bond donors (Lipinski definition) is 0. The number of fused-ring (bicyclic) bond motifs is 1. The van der Waals surface area contributed by atoms with Crippen molar-refractivity contribution in [3.63, 3.8) is 0 Å². The van der Waals surface area contributed by atoms with E-state index in [1.807, 2.05) is 18.2 Å². The van der Waals surface area contributed by atoms with E-state index in [2.05, 4.69) is 13.5 Å². The van der Waals surface area contributed by atoms with E-state index in [1.54, 1.807) is 12.1 Å². The number of hydrogen-bond acceptors (Lipinski definition) is 0. The van der Waals surface area contributed by atoms with Crippen LogP contribution < -0.4 is 0 Å². The lowest BCUT2D eigenvalue weighted by Crippen LogP contribution is -2.15. The molecule has 0 nitrogen and oxygen atoms in total. The van der Waals surface area contributed by atoms with E-state index >= 15 is 0 Å². The van der Waals surface area contributed by atoms with Crippen LogP contribution in [-0.4, -0.2) is 0 Å². The number of allylic oxidation sites excluding steroid dienone is 2. The Labute approximate surface area is 166 Å². The zero-order valence-electron chi connectivity index (χ0n) is 16.6. The molecule has 1 fully saturated rings. The van der Waals surface area contributed by atoms with Crippen LogP contribution in [0, 0.1) is 17.7 Å². The van der Waals surface area contributed by atoms with Crippen LogP contribution in [0.4, 0.5) is 13.2 Å². The molecule has 1 aliphatic rings. The van der Waals surface area contributed by atoms with E-state index in [4.69, 9.17) is 0 Å². The number of rotatable bonds is 7. The molecule has 0 atom stereocenters. The Kier molecular flexibility index (Phi) is 6.98. The summed E-state index contributed by atoms with van der Waals surface area (Å²) in [5, 5.41) is 1.07. The average Bonchev–Trinajstić information content (AvgIpc) is 2.72. The van der Waals surface area contributed by atoms with E-state index < -0.39 is 23.4 Å². The second-order valence-electron chi connectivity index (χ2n) is 7.98. The van der Waals surface area contributed by atoms with Crippen molar-refractivity contribution in [3.05, 3.63) is 65.8 Å². The molecule has 0 spiro atoms. The second-order valence-corrected chi connectivity index (χ2v) is 7.98. The highest BCUT2D eigenvalue weighted by Crippen LogP contribution is 2.40. The molecule has 28 heavy (non-hydrogen) atoms. The van der Waals surface area contributed by atoms with Gasteiger partial charge in [-0.25, -0.2) is 13.2 Å². The van der Waals surface area contributed by atoms with Gasteiger partial charge in [0.05, 0.1) is 0 Å². The topological polar surface area (TPSA) is 0 Å². The Morgan fingerprint density at radius 2 is 1.86 bits per heavy atom. The Morgan fingerprint density at radius 3 is 2.54 bits per heavy atom. The largest absolute Gasteiger partial charge is 0.208 e. The molecule has 0 N–H and O–H groups in total. The lowest BCUT2D eigenvalue weighted by atomic mass is 9.79. The molecule has 0 bridgehead atoms. The third-order valence-electron chi connectivity index (χ3n) is 5.99. The van der Waals surface area contributed by atoms with Crippen LogP contribution in [-0.2, 0) is 6.42 Å². The normalized spacial score (nSPS) is 20.9. The van der Waals surface area contributed by atoms with Gasteiger partial charge in [-0.2, -0.15) is 0 Å². The highest BCUT2D eigenvalue weighted by atomic mass is 19.2. The predicted molar refractivity (Wildman–Crippen MR) is 112 cm³/mol. The molecule has 0 aliphatic heterocycles. The molecule has 1 saturated carbocycles. The summed E-state index contributed by atoms with van der Waals surface area (Å²) in [4.78, 5) is 0. The van der Waals surface area contributed by atoms with E-state index in [0.29, 0.717) is 24.1 Å². The van der Waals surface area contributed by atoms with Crippen LogP contribution >= 0.6 is 0 Å².